The molecule has 8 heteroatoms. The van der Waals surface area contributed by atoms with Gasteiger partial charge in [-0.15, -0.1) is 0 Å². The minimum absolute atomic E-state index is 0.0776. The van der Waals surface area contributed by atoms with E-state index in [0.29, 0.717) is 0 Å². The molecular formula is C12H11F3N2O3. The van der Waals surface area contributed by atoms with Crippen LogP contribution < -0.4 is 10.6 Å². The maximum Gasteiger partial charge on any atom is 0.418 e. The number of hydrogen-bond donors (Lipinski definition) is 2. The van der Waals surface area contributed by atoms with E-state index >= 15 is 0 Å². The van der Waals surface area contributed by atoms with E-state index in [0.717, 1.165) is 12.1 Å². The minimum Gasteiger partial charge on any atom is -0.369 e. The highest BCUT2D eigenvalue weighted by Crippen LogP contribution is 2.34. The number of nitrogens with one attached hydrogen (secondary N) is 2. The maximum absolute atomic E-state index is 12.8. The van der Waals surface area contributed by atoms with Crippen LogP contribution in [0.4, 0.5) is 18.9 Å². The van der Waals surface area contributed by atoms with Gasteiger partial charge in [0.15, 0.2) is 0 Å². The van der Waals surface area contributed by atoms with E-state index < -0.39 is 29.6 Å². The van der Waals surface area contributed by atoms with E-state index in [-0.39, 0.29) is 18.9 Å². The monoisotopic (exact) mass is 288 g/mol. The first-order valence-electron chi connectivity index (χ1n) is 5.72. The fourth-order valence-electron chi connectivity index (χ4n) is 1.75. The van der Waals surface area contributed by atoms with Crippen LogP contribution in [0, 0.1) is 0 Å². The van der Waals surface area contributed by atoms with Gasteiger partial charge in [-0.3, -0.25) is 9.59 Å². The molecule has 1 unspecified atom stereocenters. The minimum atomic E-state index is -4.57. The van der Waals surface area contributed by atoms with Gasteiger partial charge in [-0.2, -0.15) is 13.2 Å². The van der Waals surface area contributed by atoms with Gasteiger partial charge in [0.1, 0.15) is 12.6 Å². The highest BCUT2D eigenvalue weighted by atomic mass is 19.4. The SMILES string of the molecule is O=C1COCC(C(=O)Nc2ccccc2C(F)(F)F)N1. The Kier molecular flexibility index (Phi) is 3.93. The summed E-state index contributed by atoms with van der Waals surface area (Å²) in [6.07, 6.45) is -4.57. The molecule has 1 aromatic carbocycles. The number of alkyl halides is 3. The van der Waals surface area contributed by atoms with Gasteiger partial charge in [-0.1, -0.05) is 12.1 Å². The van der Waals surface area contributed by atoms with Gasteiger partial charge >= 0.3 is 6.18 Å². The van der Waals surface area contributed by atoms with Crippen LogP contribution in [0.25, 0.3) is 0 Å². The van der Waals surface area contributed by atoms with Gasteiger partial charge in [0.25, 0.3) is 0 Å². The Labute approximate surface area is 112 Å². The average molecular weight is 288 g/mol. The van der Waals surface area contributed by atoms with Crippen molar-refractivity contribution in [1.29, 1.82) is 0 Å². The summed E-state index contributed by atoms with van der Waals surface area (Å²) in [4.78, 5) is 22.9. The van der Waals surface area contributed by atoms with E-state index in [1.54, 1.807) is 0 Å². The zero-order valence-electron chi connectivity index (χ0n) is 10.2. The summed E-state index contributed by atoms with van der Waals surface area (Å²) in [5, 5.41) is 4.49. The predicted molar refractivity (Wildman–Crippen MR) is 62.8 cm³/mol. The molecule has 1 aliphatic rings. The molecule has 1 heterocycles. The van der Waals surface area contributed by atoms with Crippen LogP contribution in [0.1, 0.15) is 5.56 Å². The molecule has 1 fully saturated rings. The summed E-state index contributed by atoms with van der Waals surface area (Å²) in [7, 11) is 0. The molecule has 2 amide bonds. The first-order chi connectivity index (χ1) is 9.38. The van der Waals surface area contributed by atoms with Crippen molar-refractivity contribution in [3.63, 3.8) is 0 Å². The van der Waals surface area contributed by atoms with E-state index in [1.165, 1.54) is 12.1 Å². The lowest BCUT2D eigenvalue weighted by molar-refractivity contribution is -0.138. The zero-order chi connectivity index (χ0) is 14.8. The van der Waals surface area contributed by atoms with Gasteiger partial charge in [-0.25, -0.2) is 0 Å². The molecule has 1 aromatic rings. The van der Waals surface area contributed by atoms with Crippen molar-refractivity contribution >= 4 is 17.5 Å². The molecule has 1 aliphatic heterocycles. The molecular weight excluding hydrogens is 277 g/mol. The lowest BCUT2D eigenvalue weighted by Crippen LogP contribution is -2.52. The predicted octanol–water partition coefficient (Wildman–Crippen LogP) is 1.16. The lowest BCUT2D eigenvalue weighted by Gasteiger charge is -2.23. The summed E-state index contributed by atoms with van der Waals surface area (Å²) in [6, 6.07) is 3.61. The highest BCUT2D eigenvalue weighted by Gasteiger charge is 2.34. The van der Waals surface area contributed by atoms with Crippen molar-refractivity contribution in [3.8, 4) is 0 Å². The van der Waals surface area contributed by atoms with Crippen molar-refractivity contribution in [1.82, 2.24) is 5.32 Å². The number of carbonyl (C=O) groups is 2. The number of hydrogen-bond acceptors (Lipinski definition) is 3. The number of benzene rings is 1. The van der Waals surface area contributed by atoms with Crippen molar-refractivity contribution in [2.24, 2.45) is 0 Å². The van der Waals surface area contributed by atoms with Gasteiger partial charge in [0.2, 0.25) is 11.8 Å². The summed E-state index contributed by atoms with van der Waals surface area (Å²) in [6.45, 7) is -0.241. The molecule has 0 aromatic heterocycles. The Morgan fingerprint density at radius 2 is 2.05 bits per heavy atom. The van der Waals surface area contributed by atoms with Crippen LogP contribution in [0.3, 0.4) is 0 Å². The number of carbonyl (C=O) groups excluding carboxylic acids is 2. The molecule has 0 aliphatic carbocycles. The van der Waals surface area contributed by atoms with E-state index in [2.05, 4.69) is 10.6 Å². The standard InChI is InChI=1S/C12H11F3N2O3/c13-12(14,15)7-3-1-2-4-8(7)17-11(19)9-5-20-6-10(18)16-9/h1-4,9H,5-6H2,(H,16,18)(H,17,19). The van der Waals surface area contributed by atoms with Crippen molar-refractivity contribution in [3.05, 3.63) is 29.8 Å². The number of ether oxygens (including phenoxy) is 1. The summed E-state index contributed by atoms with van der Waals surface area (Å²) in [5.41, 5.74) is -1.30. The van der Waals surface area contributed by atoms with E-state index in [4.69, 9.17) is 4.74 Å². The third-order valence-electron chi connectivity index (χ3n) is 2.66. The van der Waals surface area contributed by atoms with Crippen LogP contribution in [0.2, 0.25) is 0 Å². The van der Waals surface area contributed by atoms with Crippen LogP contribution >= 0.6 is 0 Å². The highest BCUT2D eigenvalue weighted by molar-refractivity contribution is 5.98. The molecule has 2 rings (SSSR count). The fourth-order valence-corrected chi connectivity index (χ4v) is 1.75. The normalized spacial score (nSPS) is 19.4. The fraction of sp³-hybridized carbons (Fsp3) is 0.333. The van der Waals surface area contributed by atoms with Gasteiger partial charge in [-0.05, 0) is 12.1 Å². The molecule has 1 atom stereocenters. The van der Waals surface area contributed by atoms with Gasteiger partial charge < -0.3 is 15.4 Å². The Morgan fingerprint density at radius 3 is 2.70 bits per heavy atom. The van der Waals surface area contributed by atoms with E-state index in [1.807, 2.05) is 0 Å². The Bertz CT molecular complexity index is 531. The van der Waals surface area contributed by atoms with Crippen molar-refractivity contribution in [2.75, 3.05) is 18.5 Å². The quantitative estimate of drug-likeness (QED) is 0.858. The molecule has 20 heavy (non-hydrogen) atoms. The molecule has 108 valence electrons. The second kappa shape index (κ2) is 5.49. The second-order valence-corrected chi connectivity index (χ2v) is 4.17. The molecule has 1 saturated heterocycles. The number of para-hydroxylation sites is 1. The second-order valence-electron chi connectivity index (χ2n) is 4.17. The molecule has 5 nitrogen and oxygen atoms in total. The smallest absolute Gasteiger partial charge is 0.369 e. The Morgan fingerprint density at radius 1 is 1.35 bits per heavy atom. The number of rotatable bonds is 2. The zero-order valence-corrected chi connectivity index (χ0v) is 10.2. The van der Waals surface area contributed by atoms with Crippen LogP contribution in [0.5, 0.6) is 0 Å². The topological polar surface area (TPSA) is 67.4 Å². The number of halogens is 3. The third kappa shape index (κ3) is 3.27. The van der Waals surface area contributed by atoms with Gasteiger partial charge in [0.05, 0.1) is 17.9 Å². The first kappa shape index (κ1) is 14.3. The van der Waals surface area contributed by atoms with Crippen molar-refractivity contribution < 1.29 is 27.5 Å². The summed E-state index contributed by atoms with van der Waals surface area (Å²) < 4.78 is 43.1. The summed E-state index contributed by atoms with van der Waals surface area (Å²) in [5.74, 6) is -1.24. The first-order valence-corrected chi connectivity index (χ1v) is 5.72. The van der Waals surface area contributed by atoms with Crippen molar-refractivity contribution in [2.45, 2.75) is 12.2 Å². The maximum atomic E-state index is 12.8. The molecule has 0 radical (unpaired) electrons. The average Bonchev–Trinajstić information content (AvgIpc) is 2.38. The number of anilines is 1. The molecule has 0 spiro atoms. The Balaban J connectivity index is 2.14. The number of morpholine rings is 1. The van der Waals surface area contributed by atoms with Gasteiger partial charge in [0, 0.05) is 0 Å². The van der Waals surface area contributed by atoms with Crippen LogP contribution in [0.15, 0.2) is 24.3 Å². The lowest BCUT2D eigenvalue weighted by atomic mass is 10.1. The largest absolute Gasteiger partial charge is 0.418 e. The third-order valence-corrected chi connectivity index (χ3v) is 2.66. The molecule has 0 bridgehead atoms. The molecule has 2 N–H and O–H groups in total. The van der Waals surface area contributed by atoms with Crippen LogP contribution in [-0.2, 0) is 20.5 Å². The van der Waals surface area contributed by atoms with Crippen LogP contribution in [-0.4, -0.2) is 31.1 Å². The number of amides is 2. The molecule has 0 saturated carbocycles. The Hall–Kier alpha value is -2.09. The van der Waals surface area contributed by atoms with E-state index in [9.17, 15) is 22.8 Å². The summed E-state index contributed by atoms with van der Waals surface area (Å²) >= 11 is 0.